The molecule has 32 heavy (non-hydrogen) atoms. The van der Waals surface area contributed by atoms with Gasteiger partial charge in [0.2, 0.25) is 5.91 Å². The Morgan fingerprint density at radius 3 is 2.25 bits per heavy atom. The number of rotatable bonds is 5. The number of nitrogens with one attached hydrogen (secondary N) is 1. The fourth-order valence-electron chi connectivity index (χ4n) is 4.39. The number of carbonyl (C=O) groups excluding carboxylic acids is 3. The van der Waals surface area contributed by atoms with Gasteiger partial charge in [-0.05, 0) is 23.8 Å². The van der Waals surface area contributed by atoms with E-state index in [9.17, 15) is 14.4 Å². The zero-order valence-corrected chi connectivity index (χ0v) is 17.4. The summed E-state index contributed by atoms with van der Waals surface area (Å²) in [6.45, 7) is 0.484. The van der Waals surface area contributed by atoms with E-state index in [0.29, 0.717) is 24.2 Å². The molecule has 0 radical (unpaired) electrons. The number of amides is 3. The van der Waals surface area contributed by atoms with Crippen molar-refractivity contribution in [1.82, 2.24) is 10.2 Å². The highest BCUT2D eigenvalue weighted by molar-refractivity contribution is 6.22. The second-order valence-electron chi connectivity index (χ2n) is 7.97. The van der Waals surface area contributed by atoms with Crippen LogP contribution in [0.4, 0.5) is 0 Å². The zero-order chi connectivity index (χ0) is 22.1. The summed E-state index contributed by atoms with van der Waals surface area (Å²) in [7, 11) is 0. The van der Waals surface area contributed by atoms with Crippen LogP contribution < -0.4 is 10.1 Å². The van der Waals surface area contributed by atoms with E-state index in [4.69, 9.17) is 4.74 Å². The molecule has 3 amide bonds. The van der Waals surface area contributed by atoms with Crippen molar-refractivity contribution >= 4 is 17.7 Å². The molecule has 0 saturated carbocycles. The topological polar surface area (TPSA) is 75.7 Å². The van der Waals surface area contributed by atoms with Gasteiger partial charge in [0.1, 0.15) is 11.8 Å². The molecule has 0 aromatic heterocycles. The van der Waals surface area contributed by atoms with E-state index in [-0.39, 0.29) is 18.4 Å². The number of hydrogen-bond donors (Lipinski definition) is 1. The van der Waals surface area contributed by atoms with Crippen LogP contribution in [-0.4, -0.2) is 35.3 Å². The van der Waals surface area contributed by atoms with Crippen LogP contribution in [0.2, 0.25) is 0 Å². The van der Waals surface area contributed by atoms with Gasteiger partial charge >= 0.3 is 0 Å². The second kappa shape index (κ2) is 8.30. The summed E-state index contributed by atoms with van der Waals surface area (Å²) in [5, 5.41) is 3.08. The van der Waals surface area contributed by atoms with Crippen LogP contribution in [0, 0.1) is 0 Å². The number of ether oxygens (including phenoxy) is 1. The zero-order valence-electron chi connectivity index (χ0n) is 17.4. The number of nitrogens with zero attached hydrogens (tertiary/aromatic N) is 1. The average Bonchev–Trinajstić information content (AvgIpc) is 3.08. The summed E-state index contributed by atoms with van der Waals surface area (Å²) in [6.07, 6.45) is 0.853. The maximum absolute atomic E-state index is 13.6. The highest BCUT2D eigenvalue weighted by Crippen LogP contribution is 2.32. The molecule has 5 rings (SSSR count). The SMILES string of the molecule is O=C(NC1CCOc2ccccc21)C(Cc1ccccc1)N1C(=O)c2ccccc2C1=O. The van der Waals surface area contributed by atoms with E-state index in [0.717, 1.165) is 21.8 Å². The highest BCUT2D eigenvalue weighted by atomic mass is 16.5. The molecule has 0 bridgehead atoms. The summed E-state index contributed by atoms with van der Waals surface area (Å²) in [6, 6.07) is 22.5. The second-order valence-corrected chi connectivity index (χ2v) is 7.97. The van der Waals surface area contributed by atoms with Crippen LogP contribution in [0.3, 0.4) is 0 Å². The van der Waals surface area contributed by atoms with Crippen molar-refractivity contribution in [3.63, 3.8) is 0 Å². The Hall–Kier alpha value is -3.93. The van der Waals surface area contributed by atoms with E-state index in [1.54, 1.807) is 24.3 Å². The van der Waals surface area contributed by atoms with Crippen molar-refractivity contribution in [2.24, 2.45) is 0 Å². The van der Waals surface area contributed by atoms with Crippen LogP contribution in [0.25, 0.3) is 0 Å². The minimum Gasteiger partial charge on any atom is -0.493 e. The Bertz CT molecular complexity index is 1160. The van der Waals surface area contributed by atoms with Crippen LogP contribution >= 0.6 is 0 Å². The van der Waals surface area contributed by atoms with E-state index in [1.807, 2.05) is 54.6 Å². The molecule has 2 unspecified atom stereocenters. The third-order valence-corrected chi connectivity index (χ3v) is 5.99. The molecule has 2 atom stereocenters. The number of imide groups is 1. The minimum atomic E-state index is -0.959. The average molecular weight is 426 g/mol. The summed E-state index contributed by atoms with van der Waals surface area (Å²) >= 11 is 0. The largest absolute Gasteiger partial charge is 0.493 e. The minimum absolute atomic E-state index is 0.239. The van der Waals surface area contributed by atoms with E-state index in [1.165, 1.54) is 0 Å². The fraction of sp³-hybridized carbons (Fsp3) is 0.192. The third-order valence-electron chi connectivity index (χ3n) is 5.99. The van der Waals surface area contributed by atoms with Crippen molar-refractivity contribution in [2.75, 3.05) is 6.61 Å². The first-order valence-corrected chi connectivity index (χ1v) is 10.7. The molecule has 6 heteroatoms. The summed E-state index contributed by atoms with van der Waals surface area (Å²) < 4.78 is 5.70. The molecule has 6 nitrogen and oxygen atoms in total. The van der Waals surface area contributed by atoms with Gasteiger partial charge in [0, 0.05) is 18.4 Å². The summed E-state index contributed by atoms with van der Waals surface area (Å²) in [5.41, 5.74) is 2.43. The van der Waals surface area contributed by atoms with E-state index < -0.39 is 17.9 Å². The lowest BCUT2D eigenvalue weighted by Gasteiger charge is -2.30. The first-order valence-electron chi connectivity index (χ1n) is 10.7. The van der Waals surface area contributed by atoms with Gasteiger partial charge in [-0.15, -0.1) is 0 Å². The Morgan fingerprint density at radius 2 is 1.53 bits per heavy atom. The maximum Gasteiger partial charge on any atom is 0.262 e. The number of benzene rings is 3. The van der Waals surface area contributed by atoms with Crippen LogP contribution in [0.15, 0.2) is 78.9 Å². The lowest BCUT2D eigenvalue weighted by Crippen LogP contribution is -2.51. The van der Waals surface area contributed by atoms with Gasteiger partial charge < -0.3 is 10.1 Å². The van der Waals surface area contributed by atoms with E-state index >= 15 is 0 Å². The number of hydrogen-bond acceptors (Lipinski definition) is 4. The quantitative estimate of drug-likeness (QED) is 0.634. The van der Waals surface area contributed by atoms with Crippen molar-refractivity contribution in [1.29, 1.82) is 0 Å². The predicted octanol–water partition coefficient (Wildman–Crippen LogP) is 3.53. The van der Waals surface area contributed by atoms with Gasteiger partial charge in [0.15, 0.2) is 0 Å². The molecule has 0 aliphatic carbocycles. The molecular weight excluding hydrogens is 404 g/mol. The van der Waals surface area contributed by atoms with Gasteiger partial charge in [-0.2, -0.15) is 0 Å². The smallest absolute Gasteiger partial charge is 0.262 e. The Kier molecular flexibility index (Phi) is 5.19. The van der Waals surface area contributed by atoms with Gasteiger partial charge in [0.25, 0.3) is 11.8 Å². The van der Waals surface area contributed by atoms with Gasteiger partial charge in [-0.25, -0.2) is 0 Å². The Morgan fingerprint density at radius 1 is 0.906 bits per heavy atom. The number of para-hydroxylation sites is 1. The molecule has 2 aliphatic rings. The van der Waals surface area contributed by atoms with Gasteiger partial charge in [-0.1, -0.05) is 60.7 Å². The first kappa shape index (κ1) is 20.0. The van der Waals surface area contributed by atoms with Crippen LogP contribution in [0.5, 0.6) is 5.75 Å². The number of fused-ring (bicyclic) bond motifs is 2. The van der Waals surface area contributed by atoms with Crippen molar-refractivity contribution in [3.8, 4) is 5.75 Å². The molecular formula is C26H22N2O4. The lowest BCUT2D eigenvalue weighted by atomic mass is 9.98. The Balaban J connectivity index is 1.47. The lowest BCUT2D eigenvalue weighted by molar-refractivity contribution is -0.126. The molecule has 1 N–H and O–H groups in total. The van der Waals surface area contributed by atoms with Crippen molar-refractivity contribution < 1.29 is 19.1 Å². The van der Waals surface area contributed by atoms with Crippen molar-refractivity contribution in [2.45, 2.75) is 24.9 Å². The monoisotopic (exact) mass is 426 g/mol. The summed E-state index contributed by atoms with van der Waals surface area (Å²) in [4.78, 5) is 40.9. The normalized spacial score (nSPS) is 17.9. The van der Waals surface area contributed by atoms with Gasteiger partial charge in [0.05, 0.1) is 23.8 Å². The molecule has 3 aromatic carbocycles. The molecule has 0 saturated heterocycles. The van der Waals surface area contributed by atoms with Crippen molar-refractivity contribution in [3.05, 3.63) is 101 Å². The first-order chi connectivity index (χ1) is 15.6. The molecule has 160 valence electrons. The predicted molar refractivity (Wildman–Crippen MR) is 118 cm³/mol. The maximum atomic E-state index is 13.6. The van der Waals surface area contributed by atoms with E-state index in [2.05, 4.69) is 5.32 Å². The molecule has 2 aliphatic heterocycles. The third kappa shape index (κ3) is 3.54. The van der Waals surface area contributed by atoms with Gasteiger partial charge in [-0.3, -0.25) is 19.3 Å². The Labute approximate surface area is 185 Å². The highest BCUT2D eigenvalue weighted by Gasteiger charge is 2.43. The summed E-state index contributed by atoms with van der Waals surface area (Å²) in [5.74, 6) is -0.488. The molecule has 3 aromatic rings. The van der Waals surface area contributed by atoms with Crippen LogP contribution in [0.1, 0.15) is 44.3 Å². The number of carbonyl (C=O) groups is 3. The van der Waals surface area contributed by atoms with Crippen LogP contribution in [-0.2, 0) is 11.2 Å². The molecule has 2 heterocycles. The molecule has 0 spiro atoms. The molecule has 0 fully saturated rings. The fourth-order valence-corrected chi connectivity index (χ4v) is 4.39. The standard InChI is InChI=1S/C26H22N2O4/c29-24(27-21-14-15-32-23-13-7-6-12-20(21)23)22(16-17-8-2-1-3-9-17)28-25(30)18-10-4-5-11-19(18)26(28)31/h1-13,21-22H,14-16H2,(H,27,29).